The van der Waals surface area contributed by atoms with E-state index in [9.17, 15) is 4.79 Å². The second-order valence-electron chi connectivity index (χ2n) is 4.31. The van der Waals surface area contributed by atoms with Crippen LogP contribution in [-0.4, -0.2) is 17.0 Å². The van der Waals surface area contributed by atoms with Crippen LogP contribution in [0.1, 0.15) is 18.9 Å². The molecule has 0 fully saturated rings. The van der Waals surface area contributed by atoms with Crippen molar-refractivity contribution in [2.45, 2.75) is 19.8 Å². The maximum atomic E-state index is 11.7. The highest BCUT2D eigenvalue weighted by Gasteiger charge is 2.09. The zero-order valence-corrected chi connectivity index (χ0v) is 10.4. The lowest BCUT2D eigenvalue weighted by Crippen LogP contribution is -2.25. The minimum Gasteiger partial charge on any atom is -0.356 e. The highest BCUT2D eigenvalue weighted by molar-refractivity contribution is 5.89. The Bertz CT molecular complexity index is 528. The van der Waals surface area contributed by atoms with Crippen molar-refractivity contribution in [2.24, 2.45) is 7.05 Å². The summed E-state index contributed by atoms with van der Waals surface area (Å²) in [5.41, 5.74) is 2.27. The molecular formula is C14H18N2O. The summed E-state index contributed by atoms with van der Waals surface area (Å²) in [6.07, 6.45) is 3.47. The highest BCUT2D eigenvalue weighted by Crippen LogP contribution is 2.20. The summed E-state index contributed by atoms with van der Waals surface area (Å²) in [4.78, 5) is 11.7. The Morgan fingerprint density at radius 1 is 1.35 bits per heavy atom. The monoisotopic (exact) mass is 230 g/mol. The molecule has 0 atom stereocenters. The Morgan fingerprint density at radius 3 is 2.88 bits per heavy atom. The van der Waals surface area contributed by atoms with Crippen molar-refractivity contribution in [1.29, 1.82) is 0 Å². The van der Waals surface area contributed by atoms with Gasteiger partial charge in [-0.15, -0.1) is 0 Å². The first-order valence-electron chi connectivity index (χ1n) is 6.02. The molecule has 0 saturated heterocycles. The van der Waals surface area contributed by atoms with Crippen LogP contribution in [0.4, 0.5) is 0 Å². The van der Waals surface area contributed by atoms with Gasteiger partial charge in [0.05, 0.1) is 6.42 Å². The number of nitrogens with one attached hydrogen (secondary N) is 1. The molecule has 3 heteroatoms. The van der Waals surface area contributed by atoms with Gasteiger partial charge in [0, 0.05) is 30.7 Å². The van der Waals surface area contributed by atoms with Crippen LogP contribution in [0.2, 0.25) is 0 Å². The van der Waals surface area contributed by atoms with Crippen LogP contribution in [0, 0.1) is 0 Å². The van der Waals surface area contributed by atoms with E-state index in [2.05, 4.69) is 28.9 Å². The maximum Gasteiger partial charge on any atom is 0.224 e. The number of carbonyl (C=O) groups excluding carboxylic acids is 1. The van der Waals surface area contributed by atoms with Gasteiger partial charge in [-0.05, 0) is 18.1 Å². The third kappa shape index (κ3) is 2.49. The summed E-state index contributed by atoms with van der Waals surface area (Å²) in [7, 11) is 2.01. The van der Waals surface area contributed by atoms with Gasteiger partial charge in [-0.2, -0.15) is 0 Å². The lowest BCUT2D eigenvalue weighted by molar-refractivity contribution is -0.120. The molecule has 1 aromatic carbocycles. The molecule has 0 aliphatic rings. The Balaban J connectivity index is 2.21. The van der Waals surface area contributed by atoms with Crippen LogP contribution in [0.25, 0.3) is 10.9 Å². The van der Waals surface area contributed by atoms with Crippen molar-refractivity contribution in [2.75, 3.05) is 6.54 Å². The first-order valence-corrected chi connectivity index (χ1v) is 6.02. The van der Waals surface area contributed by atoms with E-state index in [0.29, 0.717) is 6.42 Å². The zero-order valence-electron chi connectivity index (χ0n) is 10.4. The van der Waals surface area contributed by atoms with Gasteiger partial charge in [0.25, 0.3) is 0 Å². The van der Waals surface area contributed by atoms with Gasteiger partial charge < -0.3 is 9.88 Å². The van der Waals surface area contributed by atoms with E-state index in [-0.39, 0.29) is 5.91 Å². The minimum absolute atomic E-state index is 0.100. The number of para-hydroxylation sites is 1. The molecule has 1 aromatic heterocycles. The molecule has 0 aliphatic heterocycles. The molecule has 0 unspecified atom stereocenters. The second kappa shape index (κ2) is 5.04. The Kier molecular flexibility index (Phi) is 3.47. The van der Waals surface area contributed by atoms with Crippen LogP contribution in [0.15, 0.2) is 30.5 Å². The molecule has 0 saturated carbocycles. The number of rotatable bonds is 4. The summed E-state index contributed by atoms with van der Waals surface area (Å²) in [5.74, 6) is 0.100. The average molecular weight is 230 g/mol. The van der Waals surface area contributed by atoms with E-state index >= 15 is 0 Å². The van der Waals surface area contributed by atoms with Crippen LogP contribution in [0.3, 0.4) is 0 Å². The smallest absolute Gasteiger partial charge is 0.224 e. The van der Waals surface area contributed by atoms with Gasteiger partial charge in [-0.1, -0.05) is 25.1 Å². The number of benzene rings is 1. The average Bonchev–Trinajstić information content (AvgIpc) is 2.65. The van der Waals surface area contributed by atoms with Crippen molar-refractivity contribution in [3.8, 4) is 0 Å². The molecule has 1 N–H and O–H groups in total. The third-order valence-electron chi connectivity index (χ3n) is 2.90. The number of amides is 1. The molecule has 90 valence electrons. The lowest BCUT2D eigenvalue weighted by atomic mass is 10.1. The maximum absolute atomic E-state index is 11.7. The summed E-state index contributed by atoms with van der Waals surface area (Å²) >= 11 is 0. The van der Waals surface area contributed by atoms with Gasteiger partial charge in [0.2, 0.25) is 5.91 Å². The van der Waals surface area contributed by atoms with Crippen molar-refractivity contribution in [1.82, 2.24) is 9.88 Å². The van der Waals surface area contributed by atoms with Gasteiger partial charge in [-0.3, -0.25) is 4.79 Å². The summed E-state index contributed by atoms with van der Waals surface area (Å²) in [5, 5.41) is 4.07. The van der Waals surface area contributed by atoms with Gasteiger partial charge in [-0.25, -0.2) is 0 Å². The molecule has 3 nitrogen and oxygen atoms in total. The number of hydrogen-bond acceptors (Lipinski definition) is 1. The van der Waals surface area contributed by atoms with Gasteiger partial charge >= 0.3 is 0 Å². The standard InChI is InChI=1S/C14H18N2O/c1-3-8-15-14(17)9-11-10-16(2)13-7-5-4-6-12(11)13/h4-7,10H,3,8-9H2,1-2H3,(H,15,17). The fraction of sp³-hybridized carbons (Fsp3) is 0.357. The zero-order chi connectivity index (χ0) is 12.3. The fourth-order valence-corrected chi connectivity index (χ4v) is 2.07. The van der Waals surface area contributed by atoms with E-state index in [1.54, 1.807) is 0 Å². The second-order valence-corrected chi connectivity index (χ2v) is 4.31. The molecular weight excluding hydrogens is 212 g/mol. The lowest BCUT2D eigenvalue weighted by Gasteiger charge is -2.02. The predicted molar refractivity (Wildman–Crippen MR) is 69.9 cm³/mol. The largest absolute Gasteiger partial charge is 0.356 e. The first kappa shape index (κ1) is 11.7. The molecule has 0 spiro atoms. The number of aromatic nitrogens is 1. The van der Waals surface area contributed by atoms with E-state index in [1.807, 2.05) is 25.4 Å². The van der Waals surface area contributed by atoms with E-state index < -0.39 is 0 Å². The molecule has 0 bridgehead atoms. The molecule has 0 radical (unpaired) electrons. The number of nitrogens with zero attached hydrogens (tertiary/aromatic N) is 1. The van der Waals surface area contributed by atoms with E-state index in [1.165, 1.54) is 10.9 Å². The normalized spacial score (nSPS) is 10.7. The molecule has 1 amide bonds. The molecule has 0 aliphatic carbocycles. The Labute approximate surface area is 101 Å². The molecule has 17 heavy (non-hydrogen) atoms. The number of fused-ring (bicyclic) bond motifs is 1. The van der Waals surface area contributed by atoms with Crippen LogP contribution in [-0.2, 0) is 18.3 Å². The van der Waals surface area contributed by atoms with Crippen molar-refractivity contribution in [3.05, 3.63) is 36.0 Å². The van der Waals surface area contributed by atoms with Crippen LogP contribution < -0.4 is 5.32 Å². The van der Waals surface area contributed by atoms with E-state index in [0.717, 1.165) is 18.5 Å². The van der Waals surface area contributed by atoms with Crippen molar-refractivity contribution in [3.63, 3.8) is 0 Å². The number of hydrogen-bond donors (Lipinski definition) is 1. The van der Waals surface area contributed by atoms with Crippen molar-refractivity contribution < 1.29 is 4.79 Å². The molecule has 1 heterocycles. The highest BCUT2D eigenvalue weighted by atomic mass is 16.1. The van der Waals surface area contributed by atoms with Gasteiger partial charge in [0.15, 0.2) is 0 Å². The minimum atomic E-state index is 0.100. The quantitative estimate of drug-likeness (QED) is 0.858. The number of carbonyl (C=O) groups is 1. The number of aryl methyl sites for hydroxylation is 1. The van der Waals surface area contributed by atoms with Crippen molar-refractivity contribution >= 4 is 16.8 Å². The predicted octanol–water partition coefficient (Wildman–Crippen LogP) is 2.25. The first-order chi connectivity index (χ1) is 8.22. The van der Waals surface area contributed by atoms with Crippen LogP contribution >= 0.6 is 0 Å². The summed E-state index contributed by atoms with van der Waals surface area (Å²) in [6, 6.07) is 8.17. The molecule has 2 rings (SSSR count). The SMILES string of the molecule is CCCNC(=O)Cc1cn(C)c2ccccc12. The third-order valence-corrected chi connectivity index (χ3v) is 2.90. The molecule has 2 aromatic rings. The summed E-state index contributed by atoms with van der Waals surface area (Å²) in [6.45, 7) is 2.81. The summed E-state index contributed by atoms with van der Waals surface area (Å²) < 4.78 is 2.07. The van der Waals surface area contributed by atoms with E-state index in [4.69, 9.17) is 0 Å². The van der Waals surface area contributed by atoms with Crippen LogP contribution in [0.5, 0.6) is 0 Å². The Hall–Kier alpha value is -1.77. The fourth-order valence-electron chi connectivity index (χ4n) is 2.07. The van der Waals surface area contributed by atoms with Gasteiger partial charge in [0.1, 0.15) is 0 Å². The topological polar surface area (TPSA) is 34.0 Å². The Morgan fingerprint density at radius 2 is 2.12 bits per heavy atom.